The van der Waals surface area contributed by atoms with Crippen LogP contribution in [0.4, 0.5) is 10.5 Å². The first kappa shape index (κ1) is 18.9. The van der Waals surface area contributed by atoms with E-state index in [2.05, 4.69) is 10.3 Å². The largest absolute Gasteiger partial charge is 0.349 e. The molecule has 0 aliphatic heterocycles. The maximum absolute atomic E-state index is 12.6. The van der Waals surface area contributed by atoms with Crippen LogP contribution >= 0.6 is 11.3 Å². The Morgan fingerprint density at radius 3 is 2.60 bits per heavy atom. The van der Waals surface area contributed by atoms with E-state index in [0.717, 1.165) is 16.3 Å². The fraction of sp³-hybridized carbons (Fsp3) is 0.389. The van der Waals surface area contributed by atoms with Crippen molar-refractivity contribution in [1.29, 1.82) is 0 Å². The molecule has 3 amide bonds. The average Bonchev–Trinajstić information content (AvgIpc) is 3.13. The van der Waals surface area contributed by atoms with Crippen LogP contribution in [-0.2, 0) is 11.2 Å². The molecule has 0 bridgehead atoms. The number of carbonyl (C=O) groups excluding carboxylic acids is 2. The van der Waals surface area contributed by atoms with E-state index < -0.39 is 0 Å². The topological polar surface area (TPSA) is 65.5 Å². The maximum Gasteiger partial charge on any atom is 0.322 e. The van der Waals surface area contributed by atoms with Gasteiger partial charge >= 0.3 is 6.03 Å². The summed E-state index contributed by atoms with van der Waals surface area (Å²) in [6.45, 7) is 1.94. The van der Waals surface area contributed by atoms with E-state index in [4.69, 9.17) is 0 Å². The molecule has 134 valence electrons. The van der Waals surface area contributed by atoms with Crippen molar-refractivity contribution in [2.24, 2.45) is 0 Å². The molecule has 7 heteroatoms. The Bertz CT molecular complexity index is 716. The first-order valence-corrected chi connectivity index (χ1v) is 8.99. The number of hydrogen-bond acceptors (Lipinski definition) is 4. The molecule has 6 nitrogen and oxygen atoms in total. The molecule has 0 fully saturated rings. The highest BCUT2D eigenvalue weighted by atomic mass is 32.1. The number of thiazole rings is 1. The van der Waals surface area contributed by atoms with E-state index in [1.807, 2.05) is 36.6 Å². The van der Waals surface area contributed by atoms with Crippen molar-refractivity contribution in [1.82, 2.24) is 14.8 Å². The van der Waals surface area contributed by atoms with Crippen LogP contribution in [0.2, 0.25) is 0 Å². The van der Waals surface area contributed by atoms with Crippen molar-refractivity contribution in [3.8, 4) is 0 Å². The number of carbonyl (C=O) groups is 2. The fourth-order valence-electron chi connectivity index (χ4n) is 2.31. The standard InChI is InChI=1S/C18H24N4O2S/c1-13(17-19-11-12-25-17)22(4)18(24)20-15-8-6-5-7-14(15)9-10-16(23)21(2)3/h5-8,11-13H,9-10H2,1-4H3,(H,20,24)/t13-/m1/s1. The summed E-state index contributed by atoms with van der Waals surface area (Å²) in [4.78, 5) is 31.8. The Kier molecular flexibility index (Phi) is 6.52. The van der Waals surface area contributed by atoms with Crippen LogP contribution in [-0.4, -0.2) is 47.9 Å². The highest BCUT2D eigenvalue weighted by molar-refractivity contribution is 7.09. The van der Waals surface area contributed by atoms with E-state index in [-0.39, 0.29) is 18.0 Å². The van der Waals surface area contributed by atoms with Gasteiger partial charge in [0, 0.05) is 44.8 Å². The number of anilines is 1. The summed E-state index contributed by atoms with van der Waals surface area (Å²) in [6, 6.07) is 7.26. The van der Waals surface area contributed by atoms with Gasteiger partial charge in [-0.05, 0) is 25.0 Å². The summed E-state index contributed by atoms with van der Waals surface area (Å²) in [7, 11) is 5.23. The Hall–Kier alpha value is -2.41. The van der Waals surface area contributed by atoms with Gasteiger partial charge in [-0.2, -0.15) is 0 Å². The van der Waals surface area contributed by atoms with Gasteiger partial charge in [0.15, 0.2) is 0 Å². The second kappa shape index (κ2) is 8.62. The molecule has 25 heavy (non-hydrogen) atoms. The van der Waals surface area contributed by atoms with Crippen molar-refractivity contribution >= 4 is 29.0 Å². The fourth-order valence-corrected chi connectivity index (χ4v) is 3.05. The third kappa shape index (κ3) is 5.03. The lowest BCUT2D eigenvalue weighted by Crippen LogP contribution is -2.33. The Labute approximate surface area is 152 Å². The number of aromatic nitrogens is 1. The second-order valence-corrected chi connectivity index (χ2v) is 6.96. The summed E-state index contributed by atoms with van der Waals surface area (Å²) in [5.41, 5.74) is 1.68. The van der Waals surface area contributed by atoms with Gasteiger partial charge in [0.25, 0.3) is 0 Å². The van der Waals surface area contributed by atoms with Gasteiger partial charge in [0.2, 0.25) is 5.91 Å². The molecule has 0 radical (unpaired) electrons. The lowest BCUT2D eigenvalue weighted by atomic mass is 10.1. The van der Waals surface area contributed by atoms with Crippen molar-refractivity contribution < 1.29 is 9.59 Å². The van der Waals surface area contributed by atoms with Crippen LogP contribution in [0.15, 0.2) is 35.8 Å². The third-order valence-corrected chi connectivity index (χ3v) is 5.02. The monoisotopic (exact) mass is 360 g/mol. The summed E-state index contributed by atoms with van der Waals surface area (Å²) in [5, 5.41) is 5.73. The van der Waals surface area contributed by atoms with Gasteiger partial charge < -0.3 is 15.1 Å². The Balaban J connectivity index is 2.04. The number of urea groups is 1. The highest BCUT2D eigenvalue weighted by Crippen LogP contribution is 2.23. The minimum absolute atomic E-state index is 0.0654. The van der Waals surface area contributed by atoms with Crippen molar-refractivity contribution in [3.05, 3.63) is 46.4 Å². The molecule has 0 saturated carbocycles. The number of para-hydroxylation sites is 1. The zero-order valence-corrected chi connectivity index (χ0v) is 15.8. The smallest absolute Gasteiger partial charge is 0.322 e. The lowest BCUT2D eigenvalue weighted by molar-refractivity contribution is -0.128. The summed E-state index contributed by atoms with van der Waals surface area (Å²) >= 11 is 1.53. The number of benzene rings is 1. The molecule has 1 atom stereocenters. The van der Waals surface area contributed by atoms with Crippen molar-refractivity contribution in [2.75, 3.05) is 26.5 Å². The molecule has 1 aromatic carbocycles. The first-order valence-electron chi connectivity index (χ1n) is 8.11. The van der Waals surface area contributed by atoms with Crippen LogP contribution in [0, 0.1) is 0 Å². The highest BCUT2D eigenvalue weighted by Gasteiger charge is 2.20. The quantitative estimate of drug-likeness (QED) is 0.859. The van der Waals surface area contributed by atoms with Gasteiger partial charge in [0.1, 0.15) is 5.01 Å². The summed E-state index contributed by atoms with van der Waals surface area (Å²) < 4.78 is 0. The Morgan fingerprint density at radius 2 is 1.96 bits per heavy atom. The van der Waals surface area contributed by atoms with Gasteiger partial charge in [-0.25, -0.2) is 9.78 Å². The molecule has 0 unspecified atom stereocenters. The minimum atomic E-state index is -0.200. The van der Waals surface area contributed by atoms with Crippen LogP contribution in [0.3, 0.4) is 0 Å². The normalized spacial score (nSPS) is 11.7. The molecule has 1 heterocycles. The molecular weight excluding hydrogens is 336 g/mol. The summed E-state index contributed by atoms with van der Waals surface area (Å²) in [6.07, 6.45) is 2.73. The zero-order chi connectivity index (χ0) is 18.4. The average molecular weight is 360 g/mol. The number of amides is 3. The van der Waals surface area contributed by atoms with E-state index in [9.17, 15) is 9.59 Å². The first-order chi connectivity index (χ1) is 11.9. The molecule has 1 N–H and O–H groups in total. The van der Waals surface area contributed by atoms with Crippen LogP contribution in [0.1, 0.15) is 30.0 Å². The van der Waals surface area contributed by atoms with Gasteiger partial charge in [-0.1, -0.05) is 18.2 Å². The molecular formula is C18H24N4O2S. The van der Waals surface area contributed by atoms with E-state index in [0.29, 0.717) is 12.8 Å². The predicted octanol–water partition coefficient (Wildman–Crippen LogP) is 3.39. The molecule has 1 aromatic heterocycles. The van der Waals surface area contributed by atoms with E-state index in [1.54, 1.807) is 37.1 Å². The number of hydrogen-bond donors (Lipinski definition) is 1. The SMILES string of the molecule is C[C@H](c1nccs1)N(C)C(=O)Nc1ccccc1CCC(=O)N(C)C. The summed E-state index contributed by atoms with van der Waals surface area (Å²) in [5.74, 6) is 0.0654. The van der Waals surface area contributed by atoms with Gasteiger partial charge in [0.05, 0.1) is 6.04 Å². The number of rotatable bonds is 6. The van der Waals surface area contributed by atoms with Gasteiger partial charge in [-0.15, -0.1) is 11.3 Å². The maximum atomic E-state index is 12.6. The number of nitrogens with one attached hydrogen (secondary N) is 1. The number of nitrogens with zero attached hydrogens (tertiary/aromatic N) is 3. The molecule has 0 spiro atoms. The van der Waals surface area contributed by atoms with Gasteiger partial charge in [-0.3, -0.25) is 4.79 Å². The molecule has 0 saturated heterocycles. The zero-order valence-electron chi connectivity index (χ0n) is 15.0. The number of aryl methyl sites for hydroxylation is 1. The molecule has 2 aromatic rings. The van der Waals surface area contributed by atoms with Crippen molar-refractivity contribution in [3.63, 3.8) is 0 Å². The molecule has 0 aliphatic carbocycles. The third-order valence-electron chi connectivity index (χ3n) is 4.08. The Morgan fingerprint density at radius 1 is 1.24 bits per heavy atom. The molecule has 0 aliphatic rings. The van der Waals surface area contributed by atoms with Crippen LogP contribution in [0.5, 0.6) is 0 Å². The second-order valence-electron chi connectivity index (χ2n) is 6.03. The van der Waals surface area contributed by atoms with Crippen molar-refractivity contribution in [2.45, 2.75) is 25.8 Å². The lowest BCUT2D eigenvalue weighted by Gasteiger charge is -2.24. The predicted molar refractivity (Wildman–Crippen MR) is 101 cm³/mol. The van der Waals surface area contributed by atoms with E-state index >= 15 is 0 Å². The minimum Gasteiger partial charge on any atom is -0.349 e. The van der Waals surface area contributed by atoms with E-state index in [1.165, 1.54) is 11.3 Å². The molecule has 2 rings (SSSR count). The van der Waals surface area contributed by atoms with Crippen LogP contribution < -0.4 is 5.32 Å². The van der Waals surface area contributed by atoms with Crippen LogP contribution in [0.25, 0.3) is 0 Å².